The van der Waals surface area contributed by atoms with E-state index in [1.807, 2.05) is 0 Å². The highest BCUT2D eigenvalue weighted by Gasteiger charge is 2.25. The fourth-order valence-corrected chi connectivity index (χ4v) is 2.14. The summed E-state index contributed by atoms with van der Waals surface area (Å²) in [5, 5.41) is 0.399. The van der Waals surface area contributed by atoms with Crippen molar-refractivity contribution in [1.82, 2.24) is 14.9 Å². The number of halogens is 1. The molecule has 0 aliphatic carbocycles. The molecule has 0 amide bonds. The van der Waals surface area contributed by atoms with Crippen molar-refractivity contribution in [2.45, 2.75) is 12.5 Å². The Morgan fingerprint density at radius 3 is 2.81 bits per heavy atom. The second-order valence-corrected chi connectivity index (χ2v) is 4.65. The van der Waals surface area contributed by atoms with Crippen LogP contribution >= 0.6 is 11.6 Å². The van der Waals surface area contributed by atoms with E-state index in [1.54, 1.807) is 6.07 Å². The Balaban J connectivity index is 2.14. The molecule has 1 aliphatic rings. The highest BCUT2D eigenvalue weighted by Crippen LogP contribution is 2.22. The lowest BCUT2D eigenvalue weighted by atomic mass is 10.2. The lowest BCUT2D eigenvalue weighted by Gasteiger charge is -2.21. The zero-order valence-corrected chi connectivity index (χ0v) is 10.3. The van der Waals surface area contributed by atoms with Crippen LogP contribution in [0.5, 0.6) is 0 Å². The number of nitrogens with zero attached hydrogens (tertiary/aromatic N) is 4. The van der Waals surface area contributed by atoms with E-state index in [0.29, 0.717) is 11.2 Å². The molecule has 1 saturated heterocycles. The first-order valence-electron chi connectivity index (χ1n) is 5.27. The minimum Gasteiger partial charge on any atom is -0.368 e. The number of rotatable bonds is 2. The summed E-state index contributed by atoms with van der Waals surface area (Å²) < 4.78 is 0. The van der Waals surface area contributed by atoms with Crippen molar-refractivity contribution in [3.63, 3.8) is 0 Å². The number of aromatic nitrogens is 2. The lowest BCUT2D eigenvalue weighted by Crippen LogP contribution is -2.31. The summed E-state index contributed by atoms with van der Waals surface area (Å²) in [5.74, 6) is 1.05. The molecule has 0 radical (unpaired) electrons. The average Bonchev–Trinajstić information content (AvgIpc) is 2.64. The van der Waals surface area contributed by atoms with Crippen LogP contribution in [0.4, 0.5) is 11.8 Å². The zero-order valence-electron chi connectivity index (χ0n) is 9.52. The fourth-order valence-electron chi connectivity index (χ4n) is 1.96. The van der Waals surface area contributed by atoms with Crippen LogP contribution in [0.25, 0.3) is 0 Å². The van der Waals surface area contributed by atoms with Crippen molar-refractivity contribution < 1.29 is 0 Å². The lowest BCUT2D eigenvalue weighted by molar-refractivity contribution is 0.315. The van der Waals surface area contributed by atoms with Gasteiger partial charge in [0.15, 0.2) is 0 Å². The first-order chi connectivity index (χ1) is 7.56. The largest absolute Gasteiger partial charge is 0.368 e. The monoisotopic (exact) mass is 241 g/mol. The van der Waals surface area contributed by atoms with Crippen molar-refractivity contribution in [1.29, 1.82) is 0 Å². The normalized spacial score (nSPS) is 20.8. The highest BCUT2D eigenvalue weighted by atomic mass is 35.5. The van der Waals surface area contributed by atoms with E-state index < -0.39 is 0 Å². The van der Waals surface area contributed by atoms with Crippen LogP contribution in [-0.4, -0.2) is 48.1 Å². The van der Waals surface area contributed by atoms with Gasteiger partial charge in [-0.2, -0.15) is 4.98 Å². The van der Waals surface area contributed by atoms with E-state index in [2.05, 4.69) is 33.9 Å². The SMILES string of the molecule is CN(C)C1CCN(c2cc(Cl)nc(N)n2)C1. The van der Waals surface area contributed by atoms with E-state index in [-0.39, 0.29) is 5.95 Å². The van der Waals surface area contributed by atoms with Crippen molar-refractivity contribution in [3.8, 4) is 0 Å². The third kappa shape index (κ3) is 2.36. The molecule has 1 aromatic heterocycles. The molecule has 1 fully saturated rings. The Kier molecular flexibility index (Phi) is 3.16. The summed E-state index contributed by atoms with van der Waals surface area (Å²) >= 11 is 5.86. The molecule has 0 bridgehead atoms. The standard InChI is InChI=1S/C10H16ClN5/c1-15(2)7-3-4-16(6-7)9-5-8(11)13-10(12)14-9/h5,7H,3-4,6H2,1-2H3,(H2,12,13,14). The van der Waals surface area contributed by atoms with E-state index in [9.17, 15) is 0 Å². The fraction of sp³-hybridized carbons (Fsp3) is 0.600. The van der Waals surface area contributed by atoms with Crippen molar-refractivity contribution in [3.05, 3.63) is 11.2 Å². The van der Waals surface area contributed by atoms with Gasteiger partial charge in [-0.05, 0) is 20.5 Å². The maximum atomic E-state index is 5.86. The van der Waals surface area contributed by atoms with E-state index in [0.717, 1.165) is 25.3 Å². The predicted octanol–water partition coefficient (Wildman–Crippen LogP) is 0.852. The van der Waals surface area contributed by atoms with Crippen molar-refractivity contribution >= 4 is 23.4 Å². The Morgan fingerprint density at radius 1 is 1.50 bits per heavy atom. The quantitative estimate of drug-likeness (QED) is 0.778. The summed E-state index contributed by atoms with van der Waals surface area (Å²) in [6.45, 7) is 1.94. The van der Waals surface area contributed by atoms with Gasteiger partial charge in [0.05, 0.1) is 0 Å². The van der Waals surface area contributed by atoms with Crippen molar-refractivity contribution in [2.24, 2.45) is 0 Å². The van der Waals surface area contributed by atoms with Gasteiger partial charge < -0.3 is 15.5 Å². The molecular weight excluding hydrogens is 226 g/mol. The number of hydrogen-bond donors (Lipinski definition) is 1. The van der Waals surface area contributed by atoms with Crippen LogP contribution in [0.15, 0.2) is 6.07 Å². The maximum Gasteiger partial charge on any atom is 0.223 e. The summed E-state index contributed by atoms with van der Waals surface area (Å²) in [4.78, 5) is 12.5. The van der Waals surface area contributed by atoms with Gasteiger partial charge in [0.1, 0.15) is 11.0 Å². The van der Waals surface area contributed by atoms with Crippen LogP contribution in [-0.2, 0) is 0 Å². The number of nitrogen functional groups attached to an aromatic ring is 1. The summed E-state index contributed by atoms with van der Waals surface area (Å²) in [6.07, 6.45) is 1.13. The zero-order chi connectivity index (χ0) is 11.7. The molecule has 5 nitrogen and oxygen atoms in total. The van der Waals surface area contributed by atoms with E-state index >= 15 is 0 Å². The summed E-state index contributed by atoms with van der Waals surface area (Å²) in [5.41, 5.74) is 5.58. The maximum absolute atomic E-state index is 5.86. The topological polar surface area (TPSA) is 58.3 Å². The van der Waals surface area contributed by atoms with Crippen LogP contribution in [0.1, 0.15) is 6.42 Å². The summed E-state index contributed by atoms with van der Waals surface area (Å²) in [6, 6.07) is 2.32. The van der Waals surface area contributed by atoms with E-state index in [4.69, 9.17) is 17.3 Å². The van der Waals surface area contributed by atoms with Gasteiger partial charge in [0, 0.05) is 25.2 Å². The van der Waals surface area contributed by atoms with Gasteiger partial charge in [-0.25, -0.2) is 4.98 Å². The molecule has 0 aromatic carbocycles. The molecule has 2 N–H and O–H groups in total. The molecule has 6 heteroatoms. The molecular formula is C10H16ClN5. The second-order valence-electron chi connectivity index (χ2n) is 4.26. The molecule has 16 heavy (non-hydrogen) atoms. The molecule has 0 saturated carbocycles. The Bertz CT molecular complexity index is 361. The number of likely N-dealkylation sites (N-methyl/N-ethyl adjacent to an activating group) is 1. The van der Waals surface area contributed by atoms with Gasteiger partial charge in [-0.3, -0.25) is 0 Å². The number of anilines is 2. The molecule has 1 atom stereocenters. The van der Waals surface area contributed by atoms with Gasteiger partial charge in [0.2, 0.25) is 5.95 Å². The van der Waals surface area contributed by atoms with Crippen LogP contribution in [0, 0.1) is 0 Å². The number of nitrogens with two attached hydrogens (primary N) is 1. The smallest absolute Gasteiger partial charge is 0.223 e. The average molecular weight is 242 g/mol. The van der Waals surface area contributed by atoms with Gasteiger partial charge in [-0.15, -0.1) is 0 Å². The molecule has 2 heterocycles. The molecule has 1 aromatic rings. The third-order valence-corrected chi connectivity index (χ3v) is 3.11. The van der Waals surface area contributed by atoms with E-state index in [1.165, 1.54) is 0 Å². The minimum absolute atomic E-state index is 0.232. The molecule has 1 unspecified atom stereocenters. The highest BCUT2D eigenvalue weighted by molar-refractivity contribution is 6.29. The second kappa shape index (κ2) is 4.43. The number of hydrogen-bond acceptors (Lipinski definition) is 5. The van der Waals surface area contributed by atoms with Gasteiger partial charge >= 0.3 is 0 Å². The van der Waals surface area contributed by atoms with Crippen molar-refractivity contribution in [2.75, 3.05) is 37.8 Å². The predicted molar refractivity (Wildman–Crippen MR) is 65.8 cm³/mol. The summed E-state index contributed by atoms with van der Waals surface area (Å²) in [7, 11) is 4.19. The Morgan fingerprint density at radius 2 is 2.25 bits per heavy atom. The first-order valence-corrected chi connectivity index (χ1v) is 5.65. The first kappa shape index (κ1) is 11.4. The molecule has 88 valence electrons. The Labute approximate surface area is 100 Å². The van der Waals surface area contributed by atoms with Crippen LogP contribution in [0.3, 0.4) is 0 Å². The van der Waals surface area contributed by atoms with Gasteiger partial charge in [-0.1, -0.05) is 11.6 Å². The van der Waals surface area contributed by atoms with Crippen LogP contribution < -0.4 is 10.6 Å². The molecule has 2 rings (SSSR count). The van der Waals surface area contributed by atoms with Crippen LogP contribution in [0.2, 0.25) is 5.15 Å². The minimum atomic E-state index is 0.232. The van der Waals surface area contributed by atoms with Gasteiger partial charge in [0.25, 0.3) is 0 Å². The molecule has 0 spiro atoms. The Hall–Kier alpha value is -1.07. The molecule has 1 aliphatic heterocycles. The third-order valence-electron chi connectivity index (χ3n) is 2.92.